The van der Waals surface area contributed by atoms with E-state index in [9.17, 15) is 5.11 Å². The van der Waals surface area contributed by atoms with Crippen molar-refractivity contribution in [1.29, 1.82) is 0 Å². The fraction of sp³-hybridized carbons (Fsp3) is 0.300. The molecule has 71 heavy (non-hydrogen) atoms. The number of rotatable bonds is 24. The quantitative estimate of drug-likeness (QED) is 0.0626. The highest BCUT2D eigenvalue weighted by Gasteiger charge is 2.54. The third kappa shape index (κ3) is 14.8. The topological polar surface area (TPSA) is 103 Å². The number of aliphatic hydroxyl groups excluding tert-OH is 1. The Hall–Kier alpha value is -5.51. The zero-order valence-corrected chi connectivity index (χ0v) is 40.5. The van der Waals surface area contributed by atoms with Gasteiger partial charge < -0.3 is 47.7 Å². The molecule has 0 aromatic heterocycles. The molecule has 2 fully saturated rings. The maximum Gasteiger partial charge on any atom is 0.187 e. The average molecular weight is 975 g/mol. The Morgan fingerprint density at radius 2 is 0.704 bits per heavy atom. The molecule has 1 N–H and O–H groups in total. The van der Waals surface area contributed by atoms with Crippen molar-refractivity contribution in [2.75, 3.05) is 13.2 Å². The van der Waals surface area contributed by atoms with Gasteiger partial charge in [0, 0.05) is 4.90 Å². The van der Waals surface area contributed by atoms with Crippen LogP contribution in [0, 0.1) is 0 Å². The molecule has 10 atom stereocenters. The molecule has 7 aromatic rings. The van der Waals surface area contributed by atoms with E-state index in [1.165, 1.54) is 0 Å². The van der Waals surface area contributed by atoms with Crippen molar-refractivity contribution in [2.45, 2.75) is 105 Å². The Morgan fingerprint density at radius 1 is 0.352 bits per heavy atom. The third-order valence-electron chi connectivity index (χ3n) is 12.4. The Morgan fingerprint density at radius 3 is 1.14 bits per heavy atom. The number of ether oxygens (including phenoxy) is 9. The Bertz CT molecular complexity index is 2530. The van der Waals surface area contributed by atoms with E-state index in [0.717, 1.165) is 38.3 Å². The van der Waals surface area contributed by atoms with Gasteiger partial charge in [-0.05, 0) is 45.5 Å². The van der Waals surface area contributed by atoms with E-state index in [0.29, 0.717) is 19.8 Å². The van der Waals surface area contributed by atoms with Gasteiger partial charge in [0.15, 0.2) is 6.29 Å². The number of hydrogen-bond donors (Lipinski definition) is 1. The predicted octanol–water partition coefficient (Wildman–Crippen LogP) is 10.7. The Labute approximate surface area is 421 Å². The molecule has 7 aromatic carbocycles. The van der Waals surface area contributed by atoms with Crippen LogP contribution in [-0.4, -0.2) is 78.9 Å². The number of thioether (sulfide) groups is 1. The first-order valence-electron chi connectivity index (χ1n) is 24.3. The van der Waals surface area contributed by atoms with Gasteiger partial charge in [0.25, 0.3) is 0 Å². The van der Waals surface area contributed by atoms with Gasteiger partial charge in [-0.2, -0.15) is 0 Å². The predicted molar refractivity (Wildman–Crippen MR) is 273 cm³/mol. The third-order valence-corrected chi connectivity index (χ3v) is 13.6. The molecule has 2 heterocycles. The standard InChI is InChI=1S/C60H62O10S/c61-53-51(42-62-36-44-22-8-1-9-23-44)68-59(57(66-40-48-30-16-5-17-31-48)55(53)64-38-46-26-12-3-13-27-46)70-54-52(43-63-37-45-24-10-2-11-25-45)69-60(71-50-34-20-7-21-35-50)58(67-41-49-32-18-6-19-33-49)56(54)65-39-47-28-14-4-15-29-47/h1-35,51-61H,36-43H2/t51-,52-,53+,54-,55+,56+,57-,58-,59+,60+/m1/s1. The first-order chi connectivity index (χ1) is 35.1. The van der Waals surface area contributed by atoms with E-state index in [4.69, 9.17) is 42.6 Å². The summed E-state index contributed by atoms with van der Waals surface area (Å²) in [7, 11) is 0. The summed E-state index contributed by atoms with van der Waals surface area (Å²) < 4.78 is 62.3. The minimum atomic E-state index is -1.17. The van der Waals surface area contributed by atoms with Crippen LogP contribution in [0.3, 0.4) is 0 Å². The van der Waals surface area contributed by atoms with Crippen LogP contribution in [0.15, 0.2) is 217 Å². The van der Waals surface area contributed by atoms with Crippen molar-refractivity contribution in [2.24, 2.45) is 0 Å². The summed E-state index contributed by atoms with van der Waals surface area (Å²) in [6, 6.07) is 70.1. The van der Waals surface area contributed by atoms with E-state index in [-0.39, 0.29) is 33.0 Å². The molecule has 0 aliphatic carbocycles. The van der Waals surface area contributed by atoms with Crippen molar-refractivity contribution < 1.29 is 47.7 Å². The smallest absolute Gasteiger partial charge is 0.187 e. The van der Waals surface area contributed by atoms with Crippen LogP contribution in [0.2, 0.25) is 0 Å². The number of hydrogen-bond acceptors (Lipinski definition) is 11. The van der Waals surface area contributed by atoms with E-state index in [1.807, 2.05) is 200 Å². The van der Waals surface area contributed by atoms with Gasteiger partial charge in [0.1, 0.15) is 54.3 Å². The van der Waals surface area contributed by atoms with Gasteiger partial charge in [0.05, 0.1) is 52.9 Å². The van der Waals surface area contributed by atoms with Crippen LogP contribution in [0.4, 0.5) is 0 Å². The van der Waals surface area contributed by atoms with Gasteiger partial charge in [0.2, 0.25) is 0 Å². The first-order valence-corrected chi connectivity index (χ1v) is 25.2. The molecular weight excluding hydrogens is 913 g/mol. The summed E-state index contributed by atoms with van der Waals surface area (Å²) in [6.07, 6.45) is -8.04. The highest BCUT2D eigenvalue weighted by molar-refractivity contribution is 7.99. The lowest BCUT2D eigenvalue weighted by atomic mass is 9.96. The van der Waals surface area contributed by atoms with Crippen molar-refractivity contribution in [3.63, 3.8) is 0 Å². The lowest BCUT2D eigenvalue weighted by Crippen LogP contribution is -2.65. The second kappa shape index (κ2) is 26.8. The molecule has 9 rings (SSSR count). The minimum Gasteiger partial charge on any atom is -0.387 e. The van der Waals surface area contributed by atoms with Crippen molar-refractivity contribution >= 4 is 11.8 Å². The van der Waals surface area contributed by atoms with Crippen molar-refractivity contribution in [1.82, 2.24) is 0 Å². The van der Waals surface area contributed by atoms with E-state index in [2.05, 4.69) is 12.1 Å². The highest BCUT2D eigenvalue weighted by atomic mass is 32.2. The van der Waals surface area contributed by atoms with Gasteiger partial charge >= 0.3 is 0 Å². The maximum atomic E-state index is 12.4. The molecule has 0 amide bonds. The van der Waals surface area contributed by atoms with Crippen LogP contribution >= 0.6 is 11.8 Å². The van der Waals surface area contributed by atoms with E-state index < -0.39 is 60.6 Å². The van der Waals surface area contributed by atoms with Crippen LogP contribution in [0.1, 0.15) is 33.4 Å². The summed E-state index contributed by atoms with van der Waals surface area (Å²) in [4.78, 5) is 1.01. The lowest BCUT2D eigenvalue weighted by Gasteiger charge is -2.49. The maximum absolute atomic E-state index is 12.4. The van der Waals surface area contributed by atoms with Crippen molar-refractivity contribution in [3.05, 3.63) is 246 Å². The monoisotopic (exact) mass is 974 g/mol. The molecule has 0 bridgehead atoms. The molecule has 0 radical (unpaired) electrons. The van der Waals surface area contributed by atoms with E-state index >= 15 is 0 Å². The molecule has 0 unspecified atom stereocenters. The minimum absolute atomic E-state index is 0.0455. The second-order valence-corrected chi connectivity index (χ2v) is 18.8. The molecule has 0 saturated carbocycles. The zero-order chi connectivity index (χ0) is 48.3. The van der Waals surface area contributed by atoms with Crippen molar-refractivity contribution in [3.8, 4) is 0 Å². The second-order valence-electron chi connectivity index (χ2n) is 17.7. The van der Waals surface area contributed by atoms with Crippen LogP contribution < -0.4 is 0 Å². The van der Waals surface area contributed by atoms with Crippen LogP contribution in [0.5, 0.6) is 0 Å². The van der Waals surface area contributed by atoms with Gasteiger partial charge in [-0.15, -0.1) is 0 Å². The summed E-state index contributed by atoms with van der Waals surface area (Å²) in [5, 5.41) is 12.4. The van der Waals surface area contributed by atoms with Crippen LogP contribution in [0.25, 0.3) is 0 Å². The zero-order valence-electron chi connectivity index (χ0n) is 39.7. The molecule has 11 heteroatoms. The van der Waals surface area contributed by atoms with E-state index in [1.54, 1.807) is 11.8 Å². The molecule has 2 aliphatic rings. The largest absolute Gasteiger partial charge is 0.387 e. The van der Waals surface area contributed by atoms with Gasteiger partial charge in [-0.25, -0.2) is 0 Å². The first kappa shape index (κ1) is 50.4. The summed E-state index contributed by atoms with van der Waals surface area (Å²) in [5.74, 6) is 0. The molecule has 368 valence electrons. The van der Waals surface area contributed by atoms with Gasteiger partial charge in [-0.3, -0.25) is 0 Å². The SMILES string of the molecule is O[C@@H]1[C@H](OCc2ccccc2)[C@@H](OCc2ccccc2)[C@H](O[C@H]2[C@H](OCc3ccccc3)[C@@H](OCc3ccccc3)[C@H](Sc3ccccc3)O[C@@H]2COCc2ccccc2)O[C@@H]1COCc1ccccc1. The Kier molecular flexibility index (Phi) is 19.0. The molecule has 0 spiro atoms. The average Bonchev–Trinajstić information content (AvgIpc) is 3.42. The highest BCUT2D eigenvalue weighted by Crippen LogP contribution is 2.40. The molecule has 2 saturated heterocycles. The summed E-state index contributed by atoms with van der Waals surface area (Å²) >= 11 is 1.57. The molecule has 2 aliphatic heterocycles. The normalized spacial score (nSPS) is 24.4. The lowest BCUT2D eigenvalue weighted by molar-refractivity contribution is -0.356. The Balaban J connectivity index is 1.10. The molecule has 10 nitrogen and oxygen atoms in total. The molecular formula is C60H62O10S. The number of aliphatic hydroxyl groups is 1. The summed E-state index contributed by atoms with van der Waals surface area (Å²) in [6.45, 7) is 1.80. The van der Waals surface area contributed by atoms with Gasteiger partial charge in [-0.1, -0.05) is 212 Å². The fourth-order valence-electron chi connectivity index (χ4n) is 8.73. The summed E-state index contributed by atoms with van der Waals surface area (Å²) in [5.41, 5.74) is 5.30. The fourth-order valence-corrected chi connectivity index (χ4v) is 9.88. The number of benzene rings is 7. The van der Waals surface area contributed by atoms with Crippen LogP contribution in [-0.2, 0) is 82.3 Å².